The molecule has 2 fully saturated rings. The van der Waals surface area contributed by atoms with Gasteiger partial charge in [-0.2, -0.15) is 0 Å². The van der Waals surface area contributed by atoms with E-state index in [9.17, 15) is 19.2 Å². The molecular weight excluding hydrogens is 779 g/mol. The lowest BCUT2D eigenvalue weighted by Crippen LogP contribution is -2.42. The Morgan fingerprint density at radius 3 is 1.64 bits per heavy atom. The summed E-state index contributed by atoms with van der Waals surface area (Å²) in [4.78, 5) is 76.5. The molecule has 2 aliphatic rings. The first-order chi connectivity index (χ1) is 29.8. The molecule has 16 nitrogen and oxygen atoms in total. The summed E-state index contributed by atoms with van der Waals surface area (Å²) in [7, 11) is 2.54. The van der Waals surface area contributed by atoms with Gasteiger partial charge in [-0.15, -0.1) is 0 Å². The number of rotatable bonds is 12. The molecule has 0 radical (unpaired) electrons. The Morgan fingerprint density at radius 1 is 0.623 bits per heavy atom. The van der Waals surface area contributed by atoms with Crippen LogP contribution in [0.3, 0.4) is 0 Å². The summed E-state index contributed by atoms with van der Waals surface area (Å²) < 4.78 is 15.8. The molecule has 0 aliphatic carbocycles. The van der Waals surface area contributed by atoms with E-state index in [0.717, 1.165) is 35.4 Å². The van der Waals surface area contributed by atoms with Crippen molar-refractivity contribution in [2.45, 2.75) is 49.9 Å². The maximum absolute atomic E-state index is 13.9. The van der Waals surface area contributed by atoms with E-state index < -0.39 is 24.3 Å². The number of hydrogen-bond acceptors (Lipinski definition) is 10. The summed E-state index contributed by atoms with van der Waals surface area (Å²) in [6.07, 6.45) is 6.78. The van der Waals surface area contributed by atoms with Crippen molar-refractivity contribution in [1.82, 2.24) is 45.4 Å². The average molecular weight is 824 g/mol. The topological polar surface area (TPSA) is 197 Å². The van der Waals surface area contributed by atoms with E-state index in [1.165, 1.54) is 14.2 Å². The third-order valence-electron chi connectivity index (χ3n) is 11.0. The average Bonchev–Trinajstić information content (AvgIpc) is 4.15. The SMILES string of the molecule is COC(=O)N[C@H](C(=O)N1CCC[C@@H]1c1ncc(-c2ccc(Oc3cccc(-c4cnc([C@H]5CCCN5C(=O)[C@H](NC(=O)OC)c5ccccc5)[nH]4)c3)nc2)[nH]1)c1ccccc1. The molecule has 0 saturated carbocycles. The van der Waals surface area contributed by atoms with Crippen molar-refractivity contribution in [3.8, 4) is 34.1 Å². The number of benzene rings is 3. The molecule has 3 aromatic heterocycles. The Kier molecular flexibility index (Phi) is 12.0. The van der Waals surface area contributed by atoms with Gasteiger partial charge in [-0.1, -0.05) is 72.8 Å². The van der Waals surface area contributed by atoms with Crippen LogP contribution in [0.2, 0.25) is 0 Å². The van der Waals surface area contributed by atoms with Gasteiger partial charge in [0.2, 0.25) is 5.88 Å². The third-order valence-corrected chi connectivity index (χ3v) is 11.0. The second kappa shape index (κ2) is 18.2. The number of nitrogens with zero attached hydrogens (tertiary/aromatic N) is 5. The van der Waals surface area contributed by atoms with E-state index in [1.54, 1.807) is 58.7 Å². The highest BCUT2D eigenvalue weighted by Crippen LogP contribution is 2.36. The molecule has 3 aromatic carbocycles. The van der Waals surface area contributed by atoms with Gasteiger partial charge >= 0.3 is 12.2 Å². The van der Waals surface area contributed by atoms with E-state index in [4.69, 9.17) is 14.2 Å². The van der Waals surface area contributed by atoms with Crippen molar-refractivity contribution in [3.63, 3.8) is 0 Å². The van der Waals surface area contributed by atoms with Gasteiger partial charge in [-0.25, -0.2) is 24.5 Å². The lowest BCUT2D eigenvalue weighted by Gasteiger charge is -2.28. The monoisotopic (exact) mass is 823 g/mol. The number of aromatic amines is 2. The molecule has 16 heteroatoms. The molecule has 312 valence electrons. The number of carbonyl (C=O) groups excluding carboxylic acids is 4. The van der Waals surface area contributed by atoms with Gasteiger partial charge < -0.3 is 44.6 Å². The number of amides is 4. The number of likely N-dealkylation sites (tertiary alicyclic amines) is 2. The lowest BCUT2D eigenvalue weighted by atomic mass is 10.1. The molecule has 8 rings (SSSR count). The van der Waals surface area contributed by atoms with E-state index >= 15 is 0 Å². The Labute approximate surface area is 351 Å². The van der Waals surface area contributed by atoms with Crippen LogP contribution in [0.25, 0.3) is 22.5 Å². The normalized spacial score (nSPS) is 17.0. The minimum absolute atomic E-state index is 0.241. The zero-order valence-corrected chi connectivity index (χ0v) is 33.6. The Morgan fingerprint density at radius 2 is 1.15 bits per heavy atom. The predicted octanol–water partition coefficient (Wildman–Crippen LogP) is 7.18. The standard InChI is InChI=1S/C45H45N9O7/c1-59-44(57)51-38(28-12-5-3-6-13-28)42(55)53-22-10-18-35(53)40-47-26-33(49-40)30-16-9-17-32(24-30)61-37-21-20-31(25-46-37)34-27-48-41(50-34)36-19-11-23-54(36)43(56)39(52-45(58)60-2)29-14-7-4-8-15-29/h3-9,12-17,20-21,24-27,35-36,38-39H,10-11,18-19,22-23H2,1-2H3,(H,47,49)(H,48,50)(H,51,57)(H,52,58)/t35-,36-,38-,39+/m1/s1. The van der Waals surface area contributed by atoms with Crippen LogP contribution < -0.4 is 15.4 Å². The summed E-state index contributed by atoms with van der Waals surface area (Å²) in [5, 5.41) is 5.39. The fourth-order valence-corrected chi connectivity index (χ4v) is 7.93. The fourth-order valence-electron chi connectivity index (χ4n) is 7.93. The maximum atomic E-state index is 13.9. The quantitative estimate of drug-likeness (QED) is 0.0982. The van der Waals surface area contributed by atoms with E-state index in [1.807, 2.05) is 66.7 Å². The molecule has 0 unspecified atom stereocenters. The number of ether oxygens (including phenoxy) is 3. The molecule has 6 aromatic rings. The number of nitrogens with one attached hydrogen (secondary N) is 4. The van der Waals surface area contributed by atoms with Crippen LogP contribution in [0.4, 0.5) is 9.59 Å². The predicted molar refractivity (Wildman–Crippen MR) is 223 cm³/mol. The van der Waals surface area contributed by atoms with E-state index in [2.05, 4.69) is 35.6 Å². The van der Waals surface area contributed by atoms with Gasteiger partial charge in [0.05, 0.1) is 50.1 Å². The first-order valence-electron chi connectivity index (χ1n) is 20.0. The third kappa shape index (κ3) is 8.93. The first-order valence-corrected chi connectivity index (χ1v) is 20.0. The van der Waals surface area contributed by atoms with Crippen molar-refractivity contribution in [3.05, 3.63) is 138 Å². The number of aromatic nitrogens is 5. The molecule has 2 saturated heterocycles. The molecule has 4 N–H and O–H groups in total. The summed E-state index contributed by atoms with van der Waals surface area (Å²) in [6.45, 7) is 1.05. The number of hydrogen-bond donors (Lipinski definition) is 4. The van der Waals surface area contributed by atoms with Crippen LogP contribution in [-0.2, 0) is 19.1 Å². The minimum Gasteiger partial charge on any atom is -0.453 e. The summed E-state index contributed by atoms with van der Waals surface area (Å²) >= 11 is 0. The van der Waals surface area contributed by atoms with E-state index in [0.29, 0.717) is 60.3 Å². The van der Waals surface area contributed by atoms with Crippen LogP contribution in [0, 0.1) is 0 Å². The van der Waals surface area contributed by atoms with Crippen molar-refractivity contribution >= 4 is 24.0 Å². The Balaban J connectivity index is 0.923. The van der Waals surface area contributed by atoms with Crippen LogP contribution in [0.1, 0.15) is 72.6 Å². The molecule has 5 heterocycles. The largest absolute Gasteiger partial charge is 0.453 e. The summed E-state index contributed by atoms with van der Waals surface area (Å²) in [5.74, 6) is 1.76. The van der Waals surface area contributed by atoms with Gasteiger partial charge in [0, 0.05) is 36.5 Å². The van der Waals surface area contributed by atoms with Crippen LogP contribution >= 0.6 is 0 Å². The highest BCUT2D eigenvalue weighted by Gasteiger charge is 2.38. The molecule has 4 amide bonds. The van der Waals surface area contributed by atoms with Gasteiger partial charge in [-0.05, 0) is 55.0 Å². The fraction of sp³-hybridized carbons (Fsp3) is 0.267. The number of imidazole rings is 2. The number of alkyl carbamates (subject to hydrolysis) is 2. The van der Waals surface area contributed by atoms with Crippen LogP contribution in [0.5, 0.6) is 11.6 Å². The second-order valence-electron chi connectivity index (χ2n) is 14.7. The lowest BCUT2D eigenvalue weighted by molar-refractivity contribution is -0.135. The van der Waals surface area contributed by atoms with Crippen molar-refractivity contribution in [1.29, 1.82) is 0 Å². The highest BCUT2D eigenvalue weighted by molar-refractivity contribution is 5.88. The highest BCUT2D eigenvalue weighted by atomic mass is 16.5. The van der Waals surface area contributed by atoms with Gasteiger partial charge in [0.1, 0.15) is 29.5 Å². The molecule has 4 atom stereocenters. The number of H-pyrrole nitrogens is 2. The summed E-state index contributed by atoms with van der Waals surface area (Å²) in [6, 6.07) is 27.0. The van der Waals surface area contributed by atoms with Gasteiger partial charge in [-0.3, -0.25) is 9.59 Å². The van der Waals surface area contributed by atoms with Gasteiger partial charge in [0.25, 0.3) is 11.8 Å². The molecule has 61 heavy (non-hydrogen) atoms. The number of pyridine rings is 1. The Bertz CT molecular complexity index is 2470. The molecule has 0 spiro atoms. The number of methoxy groups -OCH3 is 2. The van der Waals surface area contributed by atoms with Crippen LogP contribution in [-0.4, -0.2) is 86.0 Å². The number of carbonyl (C=O) groups is 4. The smallest absolute Gasteiger partial charge is 0.407 e. The van der Waals surface area contributed by atoms with Crippen molar-refractivity contribution < 1.29 is 33.4 Å². The molecular formula is C45H45N9O7. The van der Waals surface area contributed by atoms with Gasteiger partial charge in [0.15, 0.2) is 0 Å². The first kappa shape index (κ1) is 40.3. The molecule has 0 bridgehead atoms. The maximum Gasteiger partial charge on any atom is 0.407 e. The zero-order valence-electron chi connectivity index (χ0n) is 33.6. The molecule has 2 aliphatic heterocycles. The second-order valence-corrected chi connectivity index (χ2v) is 14.7. The van der Waals surface area contributed by atoms with E-state index in [-0.39, 0.29) is 23.9 Å². The summed E-state index contributed by atoms with van der Waals surface area (Å²) in [5.41, 5.74) is 4.42. The van der Waals surface area contributed by atoms with Crippen molar-refractivity contribution in [2.75, 3.05) is 27.3 Å². The zero-order chi connectivity index (χ0) is 42.3. The Hall–Kier alpha value is -7.49. The van der Waals surface area contributed by atoms with Crippen LogP contribution in [0.15, 0.2) is 116 Å². The minimum atomic E-state index is -0.907. The van der Waals surface area contributed by atoms with Crippen molar-refractivity contribution in [2.24, 2.45) is 0 Å².